The average Bonchev–Trinajstić information content (AvgIpc) is 2.87. The number of halogens is 1. The van der Waals surface area contributed by atoms with E-state index in [0.29, 0.717) is 12.0 Å². The standard InChI is InChI=1S/C16H24ClNO2/c1-4-7-18-16(12-8-11(2)20-10-12)14-6-5-13(19-3)9-15(14)17/h5-6,9,11-12,16,18H,4,7-8,10H2,1-3H3. The Bertz CT molecular complexity index is 438. The molecule has 0 radical (unpaired) electrons. The fourth-order valence-electron chi connectivity index (χ4n) is 2.80. The van der Waals surface area contributed by atoms with Crippen molar-refractivity contribution >= 4 is 11.6 Å². The van der Waals surface area contributed by atoms with Crippen LogP contribution in [0.5, 0.6) is 5.75 Å². The molecule has 112 valence electrons. The normalized spacial score (nSPS) is 23.8. The maximum absolute atomic E-state index is 6.44. The fraction of sp³-hybridized carbons (Fsp3) is 0.625. The van der Waals surface area contributed by atoms with Crippen molar-refractivity contribution in [2.45, 2.75) is 38.8 Å². The van der Waals surface area contributed by atoms with E-state index in [-0.39, 0.29) is 6.04 Å². The van der Waals surface area contributed by atoms with E-state index >= 15 is 0 Å². The molecule has 3 nitrogen and oxygen atoms in total. The van der Waals surface area contributed by atoms with Crippen LogP contribution in [-0.2, 0) is 4.74 Å². The van der Waals surface area contributed by atoms with Crippen LogP contribution in [0.15, 0.2) is 18.2 Å². The van der Waals surface area contributed by atoms with Crippen LogP contribution in [-0.4, -0.2) is 26.4 Å². The first-order chi connectivity index (χ1) is 9.65. The maximum Gasteiger partial charge on any atom is 0.120 e. The zero-order valence-corrected chi connectivity index (χ0v) is 13.2. The number of hydrogen-bond donors (Lipinski definition) is 1. The number of benzene rings is 1. The van der Waals surface area contributed by atoms with Crippen molar-refractivity contribution in [1.82, 2.24) is 5.32 Å². The molecule has 3 unspecified atom stereocenters. The first kappa shape index (κ1) is 15.6. The third kappa shape index (κ3) is 3.66. The van der Waals surface area contributed by atoms with Gasteiger partial charge in [-0.3, -0.25) is 0 Å². The highest BCUT2D eigenvalue weighted by Gasteiger charge is 2.31. The Hall–Kier alpha value is -0.770. The molecule has 0 aliphatic carbocycles. The minimum Gasteiger partial charge on any atom is -0.497 e. The molecule has 1 heterocycles. The third-order valence-corrected chi connectivity index (χ3v) is 4.19. The molecule has 2 rings (SSSR count). The van der Waals surface area contributed by atoms with E-state index in [4.69, 9.17) is 21.1 Å². The van der Waals surface area contributed by atoms with Crippen LogP contribution in [0.25, 0.3) is 0 Å². The first-order valence-electron chi connectivity index (χ1n) is 7.34. The number of hydrogen-bond acceptors (Lipinski definition) is 3. The minimum atomic E-state index is 0.248. The molecule has 1 aromatic carbocycles. The number of rotatable bonds is 6. The second-order valence-corrected chi connectivity index (χ2v) is 5.87. The fourth-order valence-corrected chi connectivity index (χ4v) is 3.09. The van der Waals surface area contributed by atoms with E-state index in [1.54, 1.807) is 7.11 Å². The van der Waals surface area contributed by atoms with Gasteiger partial charge in [-0.15, -0.1) is 0 Å². The molecule has 1 fully saturated rings. The van der Waals surface area contributed by atoms with Gasteiger partial charge in [0.15, 0.2) is 0 Å². The summed E-state index contributed by atoms with van der Waals surface area (Å²) in [6.45, 7) is 6.09. The Morgan fingerprint density at radius 1 is 1.50 bits per heavy atom. The zero-order chi connectivity index (χ0) is 14.5. The van der Waals surface area contributed by atoms with E-state index in [1.807, 2.05) is 12.1 Å². The highest BCUT2D eigenvalue weighted by Crippen LogP contribution is 2.36. The zero-order valence-electron chi connectivity index (χ0n) is 12.5. The van der Waals surface area contributed by atoms with Crippen molar-refractivity contribution in [2.24, 2.45) is 5.92 Å². The van der Waals surface area contributed by atoms with Crippen LogP contribution in [0, 0.1) is 5.92 Å². The summed E-state index contributed by atoms with van der Waals surface area (Å²) in [5.74, 6) is 1.27. The highest BCUT2D eigenvalue weighted by atomic mass is 35.5. The molecule has 1 N–H and O–H groups in total. The lowest BCUT2D eigenvalue weighted by Gasteiger charge is -2.25. The Balaban J connectivity index is 2.21. The van der Waals surface area contributed by atoms with Gasteiger partial charge in [0.25, 0.3) is 0 Å². The Kier molecular flexibility index (Phi) is 5.70. The van der Waals surface area contributed by atoms with Crippen LogP contribution in [0.3, 0.4) is 0 Å². The van der Waals surface area contributed by atoms with Gasteiger partial charge in [0.2, 0.25) is 0 Å². The minimum absolute atomic E-state index is 0.248. The van der Waals surface area contributed by atoms with Crippen LogP contribution in [0.4, 0.5) is 0 Å². The second kappa shape index (κ2) is 7.30. The van der Waals surface area contributed by atoms with Gasteiger partial charge in [-0.2, -0.15) is 0 Å². The molecule has 0 saturated carbocycles. The van der Waals surface area contributed by atoms with Crippen molar-refractivity contribution in [3.63, 3.8) is 0 Å². The van der Waals surface area contributed by atoms with Crippen LogP contribution in [0.1, 0.15) is 38.3 Å². The van der Waals surface area contributed by atoms with Gasteiger partial charge in [0.05, 0.1) is 19.8 Å². The van der Waals surface area contributed by atoms with Gasteiger partial charge in [-0.05, 0) is 44.0 Å². The third-order valence-electron chi connectivity index (χ3n) is 3.86. The average molecular weight is 298 g/mol. The molecule has 3 atom stereocenters. The quantitative estimate of drug-likeness (QED) is 0.866. The van der Waals surface area contributed by atoms with Crippen LogP contribution < -0.4 is 10.1 Å². The molecule has 0 spiro atoms. The smallest absolute Gasteiger partial charge is 0.120 e. The van der Waals surface area contributed by atoms with E-state index < -0.39 is 0 Å². The lowest BCUT2D eigenvalue weighted by Crippen LogP contribution is -2.29. The molecule has 0 amide bonds. The molecular weight excluding hydrogens is 274 g/mol. The molecule has 0 aromatic heterocycles. The van der Waals surface area contributed by atoms with Crippen molar-refractivity contribution in [1.29, 1.82) is 0 Å². The van der Waals surface area contributed by atoms with Crippen LogP contribution >= 0.6 is 11.6 Å². The van der Waals surface area contributed by atoms with Gasteiger partial charge in [-0.25, -0.2) is 0 Å². The molecule has 20 heavy (non-hydrogen) atoms. The van der Waals surface area contributed by atoms with Crippen molar-refractivity contribution in [2.75, 3.05) is 20.3 Å². The van der Waals surface area contributed by atoms with E-state index in [1.165, 1.54) is 0 Å². The number of nitrogens with one attached hydrogen (secondary N) is 1. The van der Waals surface area contributed by atoms with E-state index in [9.17, 15) is 0 Å². The molecule has 1 saturated heterocycles. The first-order valence-corrected chi connectivity index (χ1v) is 7.72. The summed E-state index contributed by atoms with van der Waals surface area (Å²) in [6.07, 6.45) is 2.51. The SMILES string of the molecule is CCCNC(c1ccc(OC)cc1Cl)C1COC(C)C1. The summed E-state index contributed by atoms with van der Waals surface area (Å²) in [4.78, 5) is 0. The molecule has 4 heteroatoms. The van der Waals surface area contributed by atoms with Gasteiger partial charge < -0.3 is 14.8 Å². The lowest BCUT2D eigenvalue weighted by atomic mass is 9.90. The second-order valence-electron chi connectivity index (χ2n) is 5.46. The van der Waals surface area contributed by atoms with E-state index in [2.05, 4.69) is 25.2 Å². The predicted octanol–water partition coefficient (Wildman–Crippen LogP) is 3.81. The van der Waals surface area contributed by atoms with Gasteiger partial charge in [-0.1, -0.05) is 24.6 Å². The summed E-state index contributed by atoms with van der Waals surface area (Å²) < 4.78 is 10.9. The summed E-state index contributed by atoms with van der Waals surface area (Å²) in [5, 5.41) is 4.38. The van der Waals surface area contributed by atoms with E-state index in [0.717, 1.165) is 42.3 Å². The summed E-state index contributed by atoms with van der Waals surface area (Å²) in [7, 11) is 1.66. The molecule has 1 aromatic rings. The molecule has 1 aliphatic rings. The Labute approximate surface area is 126 Å². The predicted molar refractivity (Wildman–Crippen MR) is 82.6 cm³/mol. The maximum atomic E-state index is 6.44. The van der Waals surface area contributed by atoms with Crippen molar-refractivity contribution in [3.05, 3.63) is 28.8 Å². The molecule has 1 aliphatic heterocycles. The van der Waals surface area contributed by atoms with Crippen molar-refractivity contribution in [3.8, 4) is 5.75 Å². The summed E-state index contributed by atoms with van der Waals surface area (Å²) in [5.41, 5.74) is 1.14. The number of ether oxygens (including phenoxy) is 2. The lowest BCUT2D eigenvalue weighted by molar-refractivity contribution is 0.117. The molecular formula is C16H24ClNO2. The monoisotopic (exact) mass is 297 g/mol. The Morgan fingerprint density at radius 3 is 2.85 bits per heavy atom. The topological polar surface area (TPSA) is 30.5 Å². The van der Waals surface area contributed by atoms with Gasteiger partial charge >= 0.3 is 0 Å². The Morgan fingerprint density at radius 2 is 2.30 bits per heavy atom. The summed E-state index contributed by atoms with van der Waals surface area (Å²) in [6, 6.07) is 6.17. The van der Waals surface area contributed by atoms with Crippen molar-refractivity contribution < 1.29 is 9.47 Å². The summed E-state index contributed by atoms with van der Waals surface area (Å²) >= 11 is 6.44. The van der Waals surface area contributed by atoms with Crippen LogP contribution in [0.2, 0.25) is 5.02 Å². The molecule has 0 bridgehead atoms. The van der Waals surface area contributed by atoms with Gasteiger partial charge in [0.1, 0.15) is 5.75 Å². The largest absolute Gasteiger partial charge is 0.497 e. The van der Waals surface area contributed by atoms with Gasteiger partial charge in [0, 0.05) is 17.0 Å². The highest BCUT2D eigenvalue weighted by molar-refractivity contribution is 6.31. The number of methoxy groups -OCH3 is 1.